The molecule has 132 valence electrons. The van der Waals surface area contributed by atoms with Gasteiger partial charge in [-0.2, -0.15) is 0 Å². The Kier molecular flexibility index (Phi) is 5.35. The van der Waals surface area contributed by atoms with Crippen molar-refractivity contribution < 1.29 is 15.0 Å². The van der Waals surface area contributed by atoms with Gasteiger partial charge in [0.15, 0.2) is 0 Å². The molecule has 1 amide bonds. The highest BCUT2D eigenvalue weighted by Gasteiger charge is 2.43. The van der Waals surface area contributed by atoms with Crippen LogP contribution >= 0.6 is 0 Å². The molecule has 1 aliphatic rings. The SMILES string of the molecule is CC(C)=C(C)CCC(O)(C(C)O)C1Cc2cc(C(N)=O)ccc2N1. The highest BCUT2D eigenvalue weighted by atomic mass is 16.3. The number of carbonyl (C=O) groups excluding carboxylic acids is 1. The van der Waals surface area contributed by atoms with Gasteiger partial charge in [-0.15, -0.1) is 0 Å². The van der Waals surface area contributed by atoms with E-state index in [1.807, 2.05) is 20.8 Å². The van der Waals surface area contributed by atoms with Crippen LogP contribution in [-0.2, 0) is 6.42 Å². The van der Waals surface area contributed by atoms with Crippen LogP contribution < -0.4 is 11.1 Å². The first kappa shape index (κ1) is 18.5. The molecule has 3 atom stereocenters. The summed E-state index contributed by atoms with van der Waals surface area (Å²) in [6, 6.07) is 4.93. The first-order chi connectivity index (χ1) is 11.1. The third-order valence-corrected chi connectivity index (χ3v) is 5.22. The fourth-order valence-electron chi connectivity index (χ4n) is 3.13. The van der Waals surface area contributed by atoms with Crippen molar-refractivity contribution in [3.8, 4) is 0 Å². The normalized spacial score (nSPS) is 19.8. The van der Waals surface area contributed by atoms with Gasteiger partial charge in [-0.25, -0.2) is 0 Å². The first-order valence-corrected chi connectivity index (χ1v) is 8.37. The minimum atomic E-state index is -1.25. The van der Waals surface area contributed by atoms with E-state index in [0.29, 0.717) is 18.4 Å². The second kappa shape index (κ2) is 6.95. The Hall–Kier alpha value is -1.85. The number of fused-ring (bicyclic) bond motifs is 1. The molecule has 0 saturated carbocycles. The van der Waals surface area contributed by atoms with Crippen molar-refractivity contribution in [2.24, 2.45) is 5.73 Å². The zero-order valence-electron chi connectivity index (χ0n) is 14.9. The van der Waals surface area contributed by atoms with E-state index in [2.05, 4.69) is 5.32 Å². The van der Waals surface area contributed by atoms with E-state index in [4.69, 9.17) is 5.73 Å². The summed E-state index contributed by atoms with van der Waals surface area (Å²) in [7, 11) is 0. The van der Waals surface area contributed by atoms with Crippen LogP contribution in [0.5, 0.6) is 0 Å². The van der Waals surface area contributed by atoms with Gasteiger partial charge in [-0.05, 0) is 70.7 Å². The Labute approximate surface area is 143 Å². The molecule has 1 aromatic carbocycles. The summed E-state index contributed by atoms with van der Waals surface area (Å²) in [6.45, 7) is 7.77. The second-order valence-corrected chi connectivity index (χ2v) is 7.08. The van der Waals surface area contributed by atoms with E-state index < -0.39 is 17.6 Å². The van der Waals surface area contributed by atoms with Gasteiger partial charge < -0.3 is 21.3 Å². The molecule has 5 nitrogen and oxygen atoms in total. The van der Waals surface area contributed by atoms with E-state index in [1.54, 1.807) is 25.1 Å². The van der Waals surface area contributed by atoms with Gasteiger partial charge in [-0.1, -0.05) is 11.1 Å². The maximum atomic E-state index is 11.3. The van der Waals surface area contributed by atoms with Crippen LogP contribution in [-0.4, -0.2) is 33.9 Å². The Bertz CT molecular complexity index is 663. The molecule has 24 heavy (non-hydrogen) atoms. The van der Waals surface area contributed by atoms with Crippen molar-refractivity contribution in [2.75, 3.05) is 5.32 Å². The lowest BCUT2D eigenvalue weighted by molar-refractivity contribution is -0.0824. The van der Waals surface area contributed by atoms with Crippen molar-refractivity contribution >= 4 is 11.6 Å². The molecule has 3 unspecified atom stereocenters. The Balaban J connectivity index is 2.21. The van der Waals surface area contributed by atoms with Crippen LogP contribution in [0.1, 0.15) is 56.5 Å². The molecule has 5 N–H and O–H groups in total. The van der Waals surface area contributed by atoms with Crippen molar-refractivity contribution in [2.45, 2.75) is 64.7 Å². The second-order valence-electron chi connectivity index (χ2n) is 7.08. The van der Waals surface area contributed by atoms with Gasteiger partial charge in [0.2, 0.25) is 5.91 Å². The molecule has 1 aliphatic heterocycles. The number of benzene rings is 1. The van der Waals surface area contributed by atoms with Gasteiger partial charge in [0.1, 0.15) is 5.60 Å². The number of hydrogen-bond acceptors (Lipinski definition) is 4. The molecule has 0 spiro atoms. The Morgan fingerprint density at radius 1 is 1.42 bits per heavy atom. The summed E-state index contributed by atoms with van der Waals surface area (Å²) >= 11 is 0. The molecule has 5 heteroatoms. The Morgan fingerprint density at radius 2 is 2.08 bits per heavy atom. The number of allylic oxidation sites excluding steroid dienone is 2. The van der Waals surface area contributed by atoms with E-state index in [1.165, 1.54) is 11.1 Å². The predicted octanol–water partition coefficient (Wildman–Crippen LogP) is 2.37. The summed E-state index contributed by atoms with van der Waals surface area (Å²) in [5.74, 6) is -0.466. The van der Waals surface area contributed by atoms with Crippen molar-refractivity contribution in [1.82, 2.24) is 0 Å². The van der Waals surface area contributed by atoms with Crippen LogP contribution in [0, 0.1) is 0 Å². The fraction of sp³-hybridized carbons (Fsp3) is 0.526. The average molecular weight is 332 g/mol. The number of rotatable bonds is 6. The molecule has 0 aromatic heterocycles. The Morgan fingerprint density at radius 3 is 2.62 bits per heavy atom. The number of aliphatic hydroxyl groups excluding tert-OH is 1. The van der Waals surface area contributed by atoms with Crippen molar-refractivity contribution in [3.05, 3.63) is 40.5 Å². The number of carbonyl (C=O) groups is 1. The molecular formula is C19H28N2O3. The van der Waals surface area contributed by atoms with Crippen LogP contribution in [0.3, 0.4) is 0 Å². The largest absolute Gasteiger partial charge is 0.390 e. The number of nitrogens with two attached hydrogens (primary N) is 1. The van der Waals surface area contributed by atoms with Crippen LogP contribution in [0.25, 0.3) is 0 Å². The van der Waals surface area contributed by atoms with E-state index >= 15 is 0 Å². The summed E-state index contributed by atoms with van der Waals surface area (Å²) < 4.78 is 0. The first-order valence-electron chi connectivity index (χ1n) is 8.37. The average Bonchev–Trinajstić information content (AvgIpc) is 2.95. The number of aliphatic hydroxyl groups is 2. The van der Waals surface area contributed by atoms with Crippen LogP contribution in [0.15, 0.2) is 29.3 Å². The molecule has 1 aromatic rings. The number of primary amides is 1. The highest BCUT2D eigenvalue weighted by Crippen LogP contribution is 2.36. The summed E-state index contributed by atoms with van der Waals surface area (Å²) in [4.78, 5) is 11.3. The van der Waals surface area contributed by atoms with E-state index in [9.17, 15) is 15.0 Å². The monoisotopic (exact) mass is 332 g/mol. The van der Waals surface area contributed by atoms with Gasteiger partial charge in [0.25, 0.3) is 0 Å². The number of anilines is 1. The quantitative estimate of drug-likeness (QED) is 0.601. The molecule has 0 radical (unpaired) electrons. The molecular weight excluding hydrogens is 304 g/mol. The molecule has 0 aliphatic carbocycles. The smallest absolute Gasteiger partial charge is 0.248 e. The molecule has 0 saturated heterocycles. The lowest BCUT2D eigenvalue weighted by Crippen LogP contribution is -2.53. The van der Waals surface area contributed by atoms with Crippen molar-refractivity contribution in [3.63, 3.8) is 0 Å². The topological polar surface area (TPSA) is 95.6 Å². The van der Waals surface area contributed by atoms with E-state index in [0.717, 1.165) is 17.7 Å². The number of amides is 1. The highest BCUT2D eigenvalue weighted by molar-refractivity contribution is 5.93. The minimum Gasteiger partial charge on any atom is -0.390 e. The number of nitrogens with one attached hydrogen (secondary N) is 1. The van der Waals surface area contributed by atoms with Crippen LogP contribution in [0.2, 0.25) is 0 Å². The maximum absolute atomic E-state index is 11.3. The molecule has 1 heterocycles. The van der Waals surface area contributed by atoms with Crippen molar-refractivity contribution in [1.29, 1.82) is 0 Å². The van der Waals surface area contributed by atoms with Gasteiger partial charge >= 0.3 is 0 Å². The summed E-state index contributed by atoms with van der Waals surface area (Å²) in [5, 5.41) is 24.7. The minimum absolute atomic E-state index is 0.305. The lowest BCUT2D eigenvalue weighted by Gasteiger charge is -2.37. The third-order valence-electron chi connectivity index (χ3n) is 5.22. The lowest BCUT2D eigenvalue weighted by atomic mass is 9.81. The summed E-state index contributed by atoms with van der Waals surface area (Å²) in [6.07, 6.45) is 0.872. The van der Waals surface area contributed by atoms with Gasteiger partial charge in [0, 0.05) is 11.3 Å². The molecule has 0 fully saturated rings. The predicted molar refractivity (Wildman–Crippen MR) is 96.0 cm³/mol. The zero-order chi connectivity index (χ0) is 18.1. The standard InChI is InChI=1S/C19H28N2O3/c1-11(2)12(3)7-8-19(24,13(4)22)17-10-15-9-14(18(20)23)5-6-16(15)21-17/h5-6,9,13,17,21-22,24H,7-8,10H2,1-4H3,(H2,20,23). The van der Waals surface area contributed by atoms with Gasteiger partial charge in [-0.3, -0.25) is 4.79 Å². The number of hydrogen-bond donors (Lipinski definition) is 4. The van der Waals surface area contributed by atoms with Crippen LogP contribution in [0.4, 0.5) is 5.69 Å². The molecule has 0 bridgehead atoms. The fourth-order valence-corrected chi connectivity index (χ4v) is 3.13. The zero-order valence-corrected chi connectivity index (χ0v) is 14.9. The summed E-state index contributed by atoms with van der Waals surface area (Å²) in [5.41, 5.74) is 8.81. The maximum Gasteiger partial charge on any atom is 0.248 e. The van der Waals surface area contributed by atoms with Gasteiger partial charge in [0.05, 0.1) is 12.1 Å². The third kappa shape index (κ3) is 3.62. The van der Waals surface area contributed by atoms with E-state index in [-0.39, 0.29) is 6.04 Å². The molecule has 2 rings (SSSR count).